The molecule has 10 heavy (non-hydrogen) atoms. The first-order valence-corrected chi connectivity index (χ1v) is 3.41. The van der Waals surface area contributed by atoms with Crippen LogP contribution in [0, 0.1) is 0 Å². The molecule has 2 atom stereocenters. The van der Waals surface area contributed by atoms with Crippen LogP contribution in [0.5, 0.6) is 0 Å². The first-order valence-electron chi connectivity index (χ1n) is 3.41. The molecule has 58 valence electrons. The number of hydrogen-bond acceptors (Lipinski definition) is 3. The fraction of sp³-hybridized carbons (Fsp3) is 0.833. The number of piperazine rings is 1. The predicted molar refractivity (Wildman–Crippen MR) is 36.9 cm³/mol. The molecule has 0 radical (unpaired) electrons. The van der Waals surface area contributed by atoms with E-state index in [1.54, 1.807) is 0 Å². The minimum absolute atomic E-state index is 0.0336. The summed E-state index contributed by atoms with van der Waals surface area (Å²) in [5, 5.41) is 14.6. The van der Waals surface area contributed by atoms with Gasteiger partial charge in [-0.25, -0.2) is 0 Å². The Balaban J connectivity index is 2.47. The van der Waals surface area contributed by atoms with E-state index in [0.29, 0.717) is 0 Å². The van der Waals surface area contributed by atoms with Crippen LogP contribution in [0.3, 0.4) is 0 Å². The molecular formula is C6H12N2O2. The quantitative estimate of drug-likeness (QED) is 0.442. The lowest BCUT2D eigenvalue weighted by molar-refractivity contribution is -0.140. The summed E-state index contributed by atoms with van der Waals surface area (Å²) in [4.78, 5) is 10.5. The van der Waals surface area contributed by atoms with Gasteiger partial charge in [0.1, 0.15) is 6.04 Å². The summed E-state index contributed by atoms with van der Waals surface area (Å²) in [5.41, 5.74) is 0. The van der Waals surface area contributed by atoms with Crippen LogP contribution in [0.2, 0.25) is 0 Å². The second kappa shape index (κ2) is 2.98. The highest BCUT2D eigenvalue weighted by atomic mass is 16.4. The molecular weight excluding hydrogens is 132 g/mol. The molecule has 0 aliphatic carbocycles. The molecule has 1 fully saturated rings. The number of aliphatic carboxylic acids is 1. The van der Waals surface area contributed by atoms with Crippen molar-refractivity contribution < 1.29 is 9.90 Å². The van der Waals surface area contributed by atoms with Crippen molar-refractivity contribution in [3.05, 3.63) is 0 Å². The van der Waals surface area contributed by atoms with Gasteiger partial charge < -0.3 is 15.7 Å². The highest BCUT2D eigenvalue weighted by Crippen LogP contribution is 1.96. The first-order chi connectivity index (χ1) is 4.72. The van der Waals surface area contributed by atoms with Crippen LogP contribution in [0.1, 0.15) is 6.92 Å². The number of carboxylic acid groups (broad SMARTS) is 1. The van der Waals surface area contributed by atoms with Gasteiger partial charge in [0.2, 0.25) is 0 Å². The van der Waals surface area contributed by atoms with E-state index in [1.807, 2.05) is 6.92 Å². The Hall–Kier alpha value is -0.610. The lowest BCUT2D eigenvalue weighted by atomic mass is 10.1. The third kappa shape index (κ3) is 1.46. The van der Waals surface area contributed by atoms with E-state index < -0.39 is 12.0 Å². The molecule has 0 aromatic carbocycles. The lowest BCUT2D eigenvalue weighted by Gasteiger charge is -2.27. The zero-order valence-corrected chi connectivity index (χ0v) is 5.92. The number of carboxylic acids is 1. The smallest absolute Gasteiger partial charge is 0.322 e. The summed E-state index contributed by atoms with van der Waals surface area (Å²) in [6.45, 7) is 3.46. The van der Waals surface area contributed by atoms with E-state index in [0.717, 1.165) is 13.1 Å². The Morgan fingerprint density at radius 3 is 2.50 bits per heavy atom. The highest BCUT2D eigenvalue weighted by molar-refractivity contribution is 5.74. The van der Waals surface area contributed by atoms with Crippen molar-refractivity contribution in [3.63, 3.8) is 0 Å². The van der Waals surface area contributed by atoms with E-state index in [-0.39, 0.29) is 6.04 Å². The molecule has 0 aromatic heterocycles. The SMILES string of the molecule is C[C@@H]1NCCN[C@@H]1C(=O)O. The second-order valence-corrected chi connectivity index (χ2v) is 2.51. The van der Waals surface area contributed by atoms with Crippen LogP contribution in [0.15, 0.2) is 0 Å². The summed E-state index contributed by atoms with van der Waals surface area (Å²) >= 11 is 0. The number of nitrogens with one attached hydrogen (secondary N) is 2. The molecule has 4 heteroatoms. The fourth-order valence-corrected chi connectivity index (χ4v) is 1.12. The average molecular weight is 144 g/mol. The molecule has 0 saturated carbocycles. The Morgan fingerprint density at radius 2 is 2.10 bits per heavy atom. The van der Waals surface area contributed by atoms with E-state index >= 15 is 0 Å². The van der Waals surface area contributed by atoms with Gasteiger partial charge in [0.25, 0.3) is 0 Å². The molecule has 0 aromatic rings. The van der Waals surface area contributed by atoms with Crippen molar-refractivity contribution in [2.24, 2.45) is 0 Å². The molecule has 1 aliphatic rings. The van der Waals surface area contributed by atoms with Gasteiger partial charge in [0, 0.05) is 19.1 Å². The predicted octanol–water partition coefficient (Wildman–Crippen LogP) is -0.979. The van der Waals surface area contributed by atoms with Gasteiger partial charge in [-0.15, -0.1) is 0 Å². The first kappa shape index (κ1) is 7.50. The summed E-state index contributed by atoms with van der Waals surface area (Å²) in [6, 6.07) is -0.389. The van der Waals surface area contributed by atoms with Crippen LogP contribution in [-0.4, -0.2) is 36.2 Å². The molecule has 0 bridgehead atoms. The summed E-state index contributed by atoms with van der Waals surface area (Å²) in [5.74, 6) is -0.778. The Bertz CT molecular complexity index is 138. The van der Waals surface area contributed by atoms with Crippen molar-refractivity contribution in [1.82, 2.24) is 10.6 Å². The fourth-order valence-electron chi connectivity index (χ4n) is 1.12. The Kier molecular flexibility index (Phi) is 2.24. The van der Waals surface area contributed by atoms with Crippen molar-refractivity contribution >= 4 is 5.97 Å². The largest absolute Gasteiger partial charge is 0.480 e. The molecule has 0 amide bonds. The van der Waals surface area contributed by atoms with Crippen molar-refractivity contribution in [2.45, 2.75) is 19.0 Å². The zero-order valence-electron chi connectivity index (χ0n) is 5.92. The second-order valence-electron chi connectivity index (χ2n) is 2.51. The van der Waals surface area contributed by atoms with Gasteiger partial charge >= 0.3 is 5.97 Å². The monoisotopic (exact) mass is 144 g/mol. The van der Waals surface area contributed by atoms with E-state index in [1.165, 1.54) is 0 Å². The molecule has 0 unspecified atom stereocenters. The third-order valence-corrected chi connectivity index (χ3v) is 1.72. The molecule has 1 aliphatic heterocycles. The van der Waals surface area contributed by atoms with Gasteiger partial charge in [-0.3, -0.25) is 4.79 Å². The summed E-state index contributed by atoms with van der Waals surface area (Å²) in [6.07, 6.45) is 0. The Morgan fingerprint density at radius 1 is 1.50 bits per heavy atom. The minimum atomic E-state index is -0.778. The van der Waals surface area contributed by atoms with Crippen molar-refractivity contribution in [3.8, 4) is 0 Å². The maximum atomic E-state index is 10.5. The maximum absolute atomic E-state index is 10.5. The standard InChI is InChI=1S/C6H12N2O2/c1-4-5(6(9)10)8-3-2-7-4/h4-5,7-8H,2-3H2,1H3,(H,9,10)/t4-,5-/m0/s1. The molecule has 0 spiro atoms. The van der Waals surface area contributed by atoms with Gasteiger partial charge in [0.05, 0.1) is 0 Å². The van der Waals surface area contributed by atoms with E-state index in [4.69, 9.17) is 5.11 Å². The molecule has 4 nitrogen and oxygen atoms in total. The normalized spacial score (nSPS) is 33.7. The number of hydrogen-bond donors (Lipinski definition) is 3. The number of rotatable bonds is 1. The van der Waals surface area contributed by atoms with E-state index in [2.05, 4.69) is 10.6 Å². The van der Waals surface area contributed by atoms with Crippen LogP contribution in [0.25, 0.3) is 0 Å². The van der Waals surface area contributed by atoms with Crippen LogP contribution < -0.4 is 10.6 Å². The average Bonchev–Trinajstić information content (AvgIpc) is 1.88. The van der Waals surface area contributed by atoms with Crippen LogP contribution >= 0.6 is 0 Å². The minimum Gasteiger partial charge on any atom is -0.480 e. The van der Waals surface area contributed by atoms with Crippen molar-refractivity contribution in [2.75, 3.05) is 13.1 Å². The van der Waals surface area contributed by atoms with Gasteiger partial charge in [-0.1, -0.05) is 0 Å². The Labute approximate surface area is 59.6 Å². The van der Waals surface area contributed by atoms with Gasteiger partial charge in [-0.2, -0.15) is 0 Å². The van der Waals surface area contributed by atoms with Gasteiger partial charge in [0.15, 0.2) is 0 Å². The maximum Gasteiger partial charge on any atom is 0.322 e. The lowest BCUT2D eigenvalue weighted by Crippen LogP contribution is -2.57. The van der Waals surface area contributed by atoms with Crippen molar-refractivity contribution in [1.29, 1.82) is 0 Å². The third-order valence-electron chi connectivity index (χ3n) is 1.72. The summed E-state index contributed by atoms with van der Waals surface area (Å²) < 4.78 is 0. The number of carbonyl (C=O) groups is 1. The molecule has 1 rings (SSSR count). The zero-order chi connectivity index (χ0) is 7.56. The highest BCUT2D eigenvalue weighted by Gasteiger charge is 2.25. The molecule has 3 N–H and O–H groups in total. The topological polar surface area (TPSA) is 61.4 Å². The summed E-state index contributed by atoms with van der Waals surface area (Å²) in [7, 11) is 0. The molecule has 1 saturated heterocycles. The molecule has 1 heterocycles. The van der Waals surface area contributed by atoms with E-state index in [9.17, 15) is 4.79 Å². The van der Waals surface area contributed by atoms with Crippen LogP contribution in [-0.2, 0) is 4.79 Å². The van der Waals surface area contributed by atoms with Gasteiger partial charge in [-0.05, 0) is 6.92 Å². The van der Waals surface area contributed by atoms with Crippen LogP contribution in [0.4, 0.5) is 0 Å².